The van der Waals surface area contributed by atoms with Gasteiger partial charge in [-0.15, -0.1) is 0 Å². The summed E-state index contributed by atoms with van der Waals surface area (Å²) in [7, 11) is 0. The molecule has 0 aromatic heterocycles. The molecule has 0 aromatic carbocycles. The van der Waals surface area contributed by atoms with Crippen LogP contribution in [0.1, 0.15) is 27.2 Å². The van der Waals surface area contributed by atoms with E-state index in [2.05, 4.69) is 4.99 Å². The molecule has 3 nitrogen and oxygen atoms in total. The molecule has 1 aliphatic heterocycles. The number of hydrogen-bond acceptors (Lipinski definition) is 3. The van der Waals surface area contributed by atoms with E-state index < -0.39 is 0 Å². The summed E-state index contributed by atoms with van der Waals surface area (Å²) >= 11 is 0. The Bertz CT molecular complexity index is 227. The van der Waals surface area contributed by atoms with Gasteiger partial charge in [0.1, 0.15) is 6.29 Å². The average Bonchev–Trinajstić information content (AvgIpc) is 2.50. The second-order valence-electron chi connectivity index (χ2n) is 1.95. The predicted octanol–water partition coefficient (Wildman–Crippen LogP) is 2.33. The lowest BCUT2D eigenvalue weighted by Crippen LogP contribution is -1.74. The Kier molecular flexibility index (Phi) is 15.0. The first-order valence-corrected chi connectivity index (χ1v) is 4.58. The van der Waals surface area contributed by atoms with Gasteiger partial charge in [0.15, 0.2) is 6.29 Å². The molecule has 0 N–H and O–H groups in total. The monoisotopic (exact) mass is 195 g/mol. The average molecular weight is 195 g/mol. The highest BCUT2D eigenvalue weighted by atomic mass is 16.1. The Balaban J connectivity index is 0. The van der Waals surface area contributed by atoms with Crippen LogP contribution in [-0.4, -0.2) is 18.8 Å². The molecule has 1 heterocycles. The second kappa shape index (κ2) is 14.0. The summed E-state index contributed by atoms with van der Waals surface area (Å²) in [6.07, 6.45) is 9.33. The van der Waals surface area contributed by atoms with E-state index in [1.165, 1.54) is 6.92 Å². The maximum absolute atomic E-state index is 10.1. The molecule has 14 heavy (non-hydrogen) atoms. The highest BCUT2D eigenvalue weighted by Gasteiger charge is 1.87. The van der Waals surface area contributed by atoms with Crippen molar-refractivity contribution < 1.29 is 9.59 Å². The quantitative estimate of drug-likeness (QED) is 0.603. The first kappa shape index (κ1) is 15.0. The smallest absolute Gasteiger partial charge is 0.151 e. The van der Waals surface area contributed by atoms with Crippen molar-refractivity contribution in [1.29, 1.82) is 0 Å². The summed E-state index contributed by atoms with van der Waals surface area (Å²) in [5.41, 5.74) is 0.628. The molecule has 0 saturated carbocycles. The zero-order valence-corrected chi connectivity index (χ0v) is 8.93. The molecular formula is C11H17NO2. The molecule has 0 bridgehead atoms. The molecule has 0 radical (unpaired) electrons. The lowest BCUT2D eigenvalue weighted by Gasteiger charge is -1.79. The Morgan fingerprint density at radius 1 is 1.36 bits per heavy atom. The fourth-order valence-corrected chi connectivity index (χ4v) is 0.577. The Labute approximate surface area is 85.2 Å². The van der Waals surface area contributed by atoms with Crippen LogP contribution in [0.25, 0.3) is 0 Å². The highest BCUT2D eigenvalue weighted by Crippen LogP contribution is 1.97. The maximum atomic E-state index is 10.1. The van der Waals surface area contributed by atoms with Crippen LogP contribution in [0.3, 0.4) is 0 Å². The molecule has 0 aromatic rings. The molecule has 0 fully saturated rings. The predicted molar refractivity (Wildman–Crippen MR) is 59.5 cm³/mol. The summed E-state index contributed by atoms with van der Waals surface area (Å²) in [6, 6.07) is 0. The zero-order chi connectivity index (χ0) is 11.2. The van der Waals surface area contributed by atoms with Gasteiger partial charge in [0.2, 0.25) is 0 Å². The summed E-state index contributed by atoms with van der Waals surface area (Å²) in [6.45, 7) is 5.44. The van der Waals surface area contributed by atoms with Crippen molar-refractivity contribution in [3.05, 3.63) is 23.9 Å². The topological polar surface area (TPSA) is 46.5 Å². The molecule has 0 amide bonds. The van der Waals surface area contributed by atoms with Crippen LogP contribution in [0.5, 0.6) is 0 Å². The van der Waals surface area contributed by atoms with Crippen molar-refractivity contribution in [1.82, 2.24) is 0 Å². The van der Waals surface area contributed by atoms with E-state index in [0.29, 0.717) is 5.57 Å². The third-order valence-electron chi connectivity index (χ3n) is 1.02. The highest BCUT2D eigenvalue weighted by molar-refractivity contribution is 5.79. The molecule has 0 spiro atoms. The van der Waals surface area contributed by atoms with Crippen LogP contribution in [0.15, 0.2) is 28.9 Å². The number of carbonyl (C=O) groups excluding carboxylic acids is 2. The minimum Gasteiger partial charge on any atom is -0.304 e. The second-order valence-corrected chi connectivity index (χ2v) is 1.95. The third-order valence-corrected chi connectivity index (χ3v) is 1.02. The Hall–Kier alpha value is -1.51. The van der Waals surface area contributed by atoms with E-state index in [9.17, 15) is 4.79 Å². The number of rotatable bonds is 1. The van der Waals surface area contributed by atoms with Gasteiger partial charge in [0.05, 0.1) is 0 Å². The van der Waals surface area contributed by atoms with Gasteiger partial charge in [-0.25, -0.2) is 0 Å². The molecule has 0 unspecified atom stereocenters. The van der Waals surface area contributed by atoms with Crippen molar-refractivity contribution in [2.75, 3.05) is 0 Å². The fourth-order valence-electron chi connectivity index (χ4n) is 0.577. The van der Waals surface area contributed by atoms with Crippen LogP contribution in [0, 0.1) is 0 Å². The van der Waals surface area contributed by atoms with Crippen molar-refractivity contribution >= 4 is 18.8 Å². The molecule has 78 valence electrons. The minimum absolute atomic E-state index is 0.628. The summed E-state index contributed by atoms with van der Waals surface area (Å²) in [5, 5.41) is 0. The summed E-state index contributed by atoms with van der Waals surface area (Å²) in [5.74, 6) is 0. The normalized spacial score (nSPS) is 12.1. The number of aliphatic imine (C=N–C) groups is 1. The van der Waals surface area contributed by atoms with Gasteiger partial charge in [-0.05, 0) is 6.92 Å². The zero-order valence-electron chi connectivity index (χ0n) is 8.93. The standard InChI is InChI=1S/C7H7NO.C2H4O.C2H6/c9-6-7-3-1-2-4-8-5-7;1-2-3;1-2/h1,3-6H,2H2;2H,1H3;1-2H3. The van der Waals surface area contributed by atoms with Crippen LogP contribution in [0.2, 0.25) is 0 Å². The van der Waals surface area contributed by atoms with Gasteiger partial charge >= 0.3 is 0 Å². The van der Waals surface area contributed by atoms with Gasteiger partial charge in [0, 0.05) is 24.4 Å². The molecule has 3 heteroatoms. The fraction of sp³-hybridized carbons (Fsp3) is 0.364. The number of carbonyl (C=O) groups is 2. The molecule has 0 saturated heterocycles. The first-order valence-electron chi connectivity index (χ1n) is 4.58. The van der Waals surface area contributed by atoms with E-state index in [1.54, 1.807) is 18.5 Å². The van der Waals surface area contributed by atoms with Crippen LogP contribution in [-0.2, 0) is 9.59 Å². The molecule has 0 aliphatic carbocycles. The van der Waals surface area contributed by atoms with Gasteiger partial charge < -0.3 is 4.79 Å². The van der Waals surface area contributed by atoms with E-state index in [-0.39, 0.29) is 0 Å². The third kappa shape index (κ3) is 10.5. The van der Waals surface area contributed by atoms with Gasteiger partial charge in [-0.3, -0.25) is 9.79 Å². The number of nitrogens with zero attached hydrogens (tertiary/aromatic N) is 1. The molecule has 1 rings (SSSR count). The van der Waals surface area contributed by atoms with Crippen molar-refractivity contribution in [3.8, 4) is 0 Å². The number of aldehydes is 2. The minimum atomic E-state index is 0.628. The van der Waals surface area contributed by atoms with E-state index in [1.807, 2.05) is 19.9 Å². The summed E-state index contributed by atoms with van der Waals surface area (Å²) in [4.78, 5) is 22.8. The largest absolute Gasteiger partial charge is 0.304 e. The number of allylic oxidation sites excluding steroid dienone is 3. The SMILES string of the molecule is CC.CC=O.O=CC1=CN=CCC=C1. The molecule has 1 aliphatic rings. The van der Waals surface area contributed by atoms with Crippen molar-refractivity contribution in [3.63, 3.8) is 0 Å². The Morgan fingerprint density at radius 3 is 2.43 bits per heavy atom. The van der Waals surface area contributed by atoms with Crippen molar-refractivity contribution in [2.24, 2.45) is 4.99 Å². The van der Waals surface area contributed by atoms with Crippen molar-refractivity contribution in [2.45, 2.75) is 27.2 Å². The van der Waals surface area contributed by atoms with Gasteiger partial charge in [-0.2, -0.15) is 0 Å². The van der Waals surface area contributed by atoms with Crippen LogP contribution >= 0.6 is 0 Å². The first-order chi connectivity index (χ1) is 6.85. The molecular weight excluding hydrogens is 178 g/mol. The maximum Gasteiger partial charge on any atom is 0.151 e. The van der Waals surface area contributed by atoms with Gasteiger partial charge in [-0.1, -0.05) is 26.0 Å². The van der Waals surface area contributed by atoms with E-state index in [4.69, 9.17) is 4.79 Å². The Morgan fingerprint density at radius 2 is 1.93 bits per heavy atom. The lowest BCUT2D eigenvalue weighted by molar-refractivity contribution is -0.106. The lowest BCUT2D eigenvalue weighted by atomic mass is 10.3. The number of hydrogen-bond donors (Lipinski definition) is 0. The van der Waals surface area contributed by atoms with Crippen LogP contribution < -0.4 is 0 Å². The van der Waals surface area contributed by atoms with Crippen LogP contribution in [0.4, 0.5) is 0 Å². The van der Waals surface area contributed by atoms with E-state index in [0.717, 1.165) is 19.0 Å². The van der Waals surface area contributed by atoms with Gasteiger partial charge in [0.25, 0.3) is 0 Å². The van der Waals surface area contributed by atoms with E-state index >= 15 is 0 Å². The summed E-state index contributed by atoms with van der Waals surface area (Å²) < 4.78 is 0. The molecule has 0 atom stereocenters.